The molecule has 170 valence electrons. The van der Waals surface area contributed by atoms with Gasteiger partial charge in [-0.3, -0.25) is 0 Å². The maximum atomic E-state index is 9.21. The SMILES string of the molecule is CCCCCCCCCCCCCCCCCC[N+](C)(CC(O)O)CC(O)O. The summed E-state index contributed by atoms with van der Waals surface area (Å²) in [6.45, 7) is 3.28. The lowest BCUT2D eigenvalue weighted by Crippen LogP contribution is -2.53. The molecule has 0 amide bonds. The predicted octanol–water partition coefficient (Wildman–Crippen LogP) is 4.32. The zero-order valence-corrected chi connectivity index (χ0v) is 18.8. The van der Waals surface area contributed by atoms with Gasteiger partial charge in [0.15, 0.2) is 0 Å². The molecule has 0 aliphatic rings. The predicted molar refractivity (Wildman–Crippen MR) is 117 cm³/mol. The molecule has 0 heterocycles. The van der Waals surface area contributed by atoms with Gasteiger partial charge in [0.1, 0.15) is 13.1 Å². The molecule has 0 saturated heterocycles. The Morgan fingerprint density at radius 1 is 0.500 bits per heavy atom. The molecule has 5 heteroatoms. The van der Waals surface area contributed by atoms with Crippen molar-refractivity contribution in [3.63, 3.8) is 0 Å². The summed E-state index contributed by atoms with van der Waals surface area (Å²) in [7, 11) is 1.85. The van der Waals surface area contributed by atoms with Crippen LogP contribution in [0.2, 0.25) is 0 Å². The van der Waals surface area contributed by atoms with Crippen molar-refractivity contribution in [2.75, 3.05) is 26.7 Å². The molecule has 0 bridgehead atoms. The zero-order chi connectivity index (χ0) is 21.1. The molecule has 0 radical (unpaired) electrons. The van der Waals surface area contributed by atoms with Gasteiger partial charge in [0.2, 0.25) is 12.6 Å². The Morgan fingerprint density at radius 2 is 0.786 bits per heavy atom. The summed E-state index contributed by atoms with van der Waals surface area (Å²) < 4.78 is 0.286. The topological polar surface area (TPSA) is 80.9 Å². The summed E-state index contributed by atoms with van der Waals surface area (Å²) >= 11 is 0. The maximum Gasteiger partial charge on any atom is 0.202 e. The van der Waals surface area contributed by atoms with Crippen LogP contribution in [0.5, 0.6) is 0 Å². The Bertz CT molecular complexity index is 314. The first kappa shape index (κ1) is 27.8. The Balaban J connectivity index is 3.44. The molecule has 0 aromatic rings. The third-order valence-electron chi connectivity index (χ3n) is 5.76. The van der Waals surface area contributed by atoms with Crippen molar-refractivity contribution in [2.24, 2.45) is 0 Å². The molecule has 0 unspecified atom stereocenters. The number of rotatable bonds is 21. The molecule has 0 spiro atoms. The molecular weight excluding hydrogens is 354 g/mol. The second-order valence-corrected chi connectivity index (χ2v) is 8.97. The van der Waals surface area contributed by atoms with Crippen LogP contribution in [-0.2, 0) is 0 Å². The van der Waals surface area contributed by atoms with E-state index in [9.17, 15) is 20.4 Å². The lowest BCUT2D eigenvalue weighted by atomic mass is 10.0. The molecule has 5 nitrogen and oxygen atoms in total. The van der Waals surface area contributed by atoms with E-state index < -0.39 is 12.6 Å². The van der Waals surface area contributed by atoms with Crippen molar-refractivity contribution in [1.29, 1.82) is 0 Å². The third-order valence-corrected chi connectivity index (χ3v) is 5.76. The molecule has 0 saturated carbocycles. The van der Waals surface area contributed by atoms with Gasteiger partial charge in [-0.05, 0) is 12.8 Å². The van der Waals surface area contributed by atoms with Crippen LogP contribution >= 0.6 is 0 Å². The molecule has 0 atom stereocenters. The van der Waals surface area contributed by atoms with E-state index in [0.29, 0.717) is 0 Å². The van der Waals surface area contributed by atoms with E-state index in [2.05, 4.69) is 6.92 Å². The molecule has 0 fully saturated rings. The number of nitrogens with zero attached hydrogens (tertiary/aromatic N) is 1. The standard InChI is InChI=1S/C23H50NO4/c1-3-4-5-6-7-8-9-10-11-12-13-14-15-16-17-18-19-24(2,20-22(25)26)21-23(27)28/h22-23,25-28H,3-21H2,1-2H3/q+1. The van der Waals surface area contributed by atoms with Gasteiger partial charge in [0, 0.05) is 0 Å². The number of aliphatic hydroxyl groups is 4. The van der Waals surface area contributed by atoms with Crippen LogP contribution in [0.15, 0.2) is 0 Å². The molecule has 0 aliphatic heterocycles. The van der Waals surface area contributed by atoms with Crippen LogP contribution in [-0.4, -0.2) is 64.2 Å². The quantitative estimate of drug-likeness (QED) is 0.130. The number of hydrogen-bond donors (Lipinski definition) is 4. The molecule has 0 rings (SSSR count). The first-order valence-electron chi connectivity index (χ1n) is 12.0. The lowest BCUT2D eigenvalue weighted by molar-refractivity contribution is -0.920. The van der Waals surface area contributed by atoms with Gasteiger partial charge in [-0.25, -0.2) is 0 Å². The van der Waals surface area contributed by atoms with Crippen molar-refractivity contribution in [3.05, 3.63) is 0 Å². The minimum atomic E-state index is -1.41. The maximum absolute atomic E-state index is 9.21. The summed E-state index contributed by atoms with van der Waals surface area (Å²) in [5.41, 5.74) is 0. The van der Waals surface area contributed by atoms with Crippen LogP contribution in [0.25, 0.3) is 0 Å². The molecular formula is C23H50NO4+. The number of quaternary nitrogens is 1. The van der Waals surface area contributed by atoms with E-state index >= 15 is 0 Å². The van der Waals surface area contributed by atoms with Crippen molar-refractivity contribution in [2.45, 2.75) is 122 Å². The van der Waals surface area contributed by atoms with Gasteiger partial charge in [-0.1, -0.05) is 96.8 Å². The van der Waals surface area contributed by atoms with Gasteiger partial charge >= 0.3 is 0 Å². The van der Waals surface area contributed by atoms with E-state index in [-0.39, 0.29) is 17.6 Å². The van der Waals surface area contributed by atoms with E-state index in [4.69, 9.17) is 0 Å². The Hall–Kier alpha value is -0.200. The highest BCUT2D eigenvalue weighted by atomic mass is 16.5. The third kappa shape index (κ3) is 19.1. The summed E-state index contributed by atoms with van der Waals surface area (Å²) in [6, 6.07) is 0. The molecule has 0 aromatic heterocycles. The van der Waals surface area contributed by atoms with Gasteiger partial charge < -0.3 is 24.9 Å². The first-order chi connectivity index (χ1) is 13.4. The largest absolute Gasteiger partial charge is 0.364 e. The van der Waals surface area contributed by atoms with Crippen molar-refractivity contribution in [3.8, 4) is 0 Å². The zero-order valence-electron chi connectivity index (χ0n) is 18.8. The van der Waals surface area contributed by atoms with E-state index in [1.54, 1.807) is 0 Å². The highest BCUT2D eigenvalue weighted by Crippen LogP contribution is 2.15. The summed E-state index contributed by atoms with van der Waals surface area (Å²) in [5, 5.41) is 36.8. The van der Waals surface area contributed by atoms with E-state index in [0.717, 1.165) is 19.4 Å². The fourth-order valence-electron chi connectivity index (χ4n) is 4.09. The minimum Gasteiger partial charge on any atom is -0.364 e. The van der Waals surface area contributed by atoms with Crippen LogP contribution in [0.4, 0.5) is 0 Å². The van der Waals surface area contributed by atoms with Crippen LogP contribution in [0, 0.1) is 0 Å². The van der Waals surface area contributed by atoms with Gasteiger partial charge in [0.05, 0.1) is 13.6 Å². The molecule has 0 aliphatic carbocycles. The van der Waals surface area contributed by atoms with Crippen molar-refractivity contribution >= 4 is 0 Å². The highest BCUT2D eigenvalue weighted by Gasteiger charge is 2.26. The van der Waals surface area contributed by atoms with Gasteiger partial charge in [-0.15, -0.1) is 0 Å². The number of unbranched alkanes of at least 4 members (excludes halogenated alkanes) is 15. The summed E-state index contributed by atoms with van der Waals surface area (Å²) in [4.78, 5) is 0. The van der Waals surface area contributed by atoms with Gasteiger partial charge in [0.25, 0.3) is 0 Å². The monoisotopic (exact) mass is 404 g/mol. The fourth-order valence-corrected chi connectivity index (χ4v) is 4.09. The summed E-state index contributed by atoms with van der Waals surface area (Å²) in [6.07, 6.45) is 18.4. The van der Waals surface area contributed by atoms with Crippen LogP contribution in [0.1, 0.15) is 110 Å². The Kier molecular flexibility index (Phi) is 18.7. The normalized spacial score (nSPS) is 12.4. The fraction of sp³-hybridized carbons (Fsp3) is 1.00. The smallest absolute Gasteiger partial charge is 0.202 e. The Morgan fingerprint density at radius 3 is 1.07 bits per heavy atom. The van der Waals surface area contributed by atoms with E-state index in [1.807, 2.05) is 7.05 Å². The molecule has 4 N–H and O–H groups in total. The average Bonchev–Trinajstić information content (AvgIpc) is 2.60. The Labute approximate surface area is 174 Å². The van der Waals surface area contributed by atoms with E-state index in [1.165, 1.54) is 89.9 Å². The van der Waals surface area contributed by atoms with Crippen LogP contribution < -0.4 is 0 Å². The second kappa shape index (κ2) is 18.8. The second-order valence-electron chi connectivity index (χ2n) is 8.97. The molecule has 28 heavy (non-hydrogen) atoms. The number of aliphatic hydroxyl groups excluding tert-OH is 2. The number of likely N-dealkylation sites (N-methyl/N-ethyl adjacent to an activating group) is 1. The summed E-state index contributed by atoms with van der Waals surface area (Å²) in [5.74, 6) is 0. The van der Waals surface area contributed by atoms with Crippen LogP contribution in [0.3, 0.4) is 0 Å². The molecule has 0 aromatic carbocycles. The average molecular weight is 405 g/mol. The minimum absolute atomic E-state index is 0.135. The highest BCUT2D eigenvalue weighted by molar-refractivity contribution is 4.51. The number of hydrogen-bond acceptors (Lipinski definition) is 4. The van der Waals surface area contributed by atoms with Gasteiger partial charge in [-0.2, -0.15) is 0 Å². The van der Waals surface area contributed by atoms with Crippen molar-refractivity contribution < 1.29 is 24.9 Å². The first-order valence-corrected chi connectivity index (χ1v) is 12.0. The van der Waals surface area contributed by atoms with Crippen molar-refractivity contribution in [1.82, 2.24) is 0 Å². The lowest BCUT2D eigenvalue weighted by Gasteiger charge is -2.35.